The van der Waals surface area contributed by atoms with Crippen molar-refractivity contribution in [3.05, 3.63) is 24.3 Å². The van der Waals surface area contributed by atoms with Crippen LogP contribution >= 0.6 is 11.8 Å². The Morgan fingerprint density at radius 2 is 2.00 bits per heavy atom. The maximum atomic E-state index is 11.7. The van der Waals surface area contributed by atoms with Crippen molar-refractivity contribution in [3.63, 3.8) is 0 Å². The molecule has 0 aliphatic rings. The number of rotatable bonds is 7. The number of thioether (sulfide) groups is 1. The van der Waals surface area contributed by atoms with Crippen LogP contribution in [0.15, 0.2) is 29.2 Å². The monoisotopic (exact) mass is 296 g/mol. The van der Waals surface area contributed by atoms with E-state index in [1.54, 1.807) is 11.8 Å². The molecule has 0 heterocycles. The first-order valence-corrected chi connectivity index (χ1v) is 7.39. The maximum Gasteiger partial charge on any atom is 0.319 e. The minimum absolute atomic E-state index is 0.0556. The molecule has 3 N–H and O–H groups in total. The predicted octanol–water partition coefficient (Wildman–Crippen LogP) is 3.17. The highest BCUT2D eigenvalue weighted by Gasteiger charge is 2.08. The fourth-order valence-corrected chi connectivity index (χ4v) is 2.45. The topological polar surface area (TPSA) is 78.4 Å². The highest BCUT2D eigenvalue weighted by atomic mass is 32.2. The zero-order chi connectivity index (χ0) is 15.0. The molecule has 0 bridgehead atoms. The van der Waals surface area contributed by atoms with Crippen molar-refractivity contribution in [2.75, 3.05) is 11.9 Å². The second-order valence-electron chi connectivity index (χ2n) is 4.54. The number of anilines is 1. The average Bonchev–Trinajstić information content (AvgIpc) is 2.36. The summed E-state index contributed by atoms with van der Waals surface area (Å²) in [4.78, 5) is 23.1. The normalized spacial score (nSPS) is 10.3. The van der Waals surface area contributed by atoms with Crippen molar-refractivity contribution in [1.29, 1.82) is 0 Å². The Labute approximate surface area is 123 Å². The van der Waals surface area contributed by atoms with E-state index in [0.717, 1.165) is 10.6 Å². The van der Waals surface area contributed by atoms with Gasteiger partial charge in [-0.05, 0) is 18.6 Å². The molecule has 1 aromatic carbocycles. The minimum Gasteiger partial charge on any atom is -0.481 e. The third kappa shape index (κ3) is 6.47. The van der Waals surface area contributed by atoms with E-state index in [9.17, 15) is 9.59 Å². The number of carboxylic acids is 1. The van der Waals surface area contributed by atoms with Crippen molar-refractivity contribution >= 4 is 29.4 Å². The number of para-hydroxylation sites is 1. The molecule has 0 aliphatic carbocycles. The van der Waals surface area contributed by atoms with Crippen molar-refractivity contribution in [2.45, 2.75) is 36.8 Å². The second kappa shape index (κ2) is 8.47. The van der Waals surface area contributed by atoms with Crippen LogP contribution in [0.1, 0.15) is 26.7 Å². The summed E-state index contributed by atoms with van der Waals surface area (Å²) >= 11 is 1.68. The number of benzene rings is 1. The van der Waals surface area contributed by atoms with Crippen LogP contribution in [0.5, 0.6) is 0 Å². The Morgan fingerprint density at radius 1 is 1.30 bits per heavy atom. The molecule has 0 saturated carbocycles. The first kappa shape index (κ1) is 16.4. The SMILES string of the molecule is CC(C)Sc1ccccc1NC(=O)NCCCC(=O)O. The summed E-state index contributed by atoms with van der Waals surface area (Å²) in [5.41, 5.74) is 0.766. The summed E-state index contributed by atoms with van der Waals surface area (Å²) in [6.07, 6.45) is 0.477. The lowest BCUT2D eigenvalue weighted by atomic mass is 10.3. The Bertz CT molecular complexity index is 463. The number of hydrogen-bond donors (Lipinski definition) is 3. The lowest BCUT2D eigenvalue weighted by Gasteiger charge is -2.12. The van der Waals surface area contributed by atoms with E-state index in [0.29, 0.717) is 18.2 Å². The molecule has 110 valence electrons. The fraction of sp³-hybridized carbons (Fsp3) is 0.429. The largest absolute Gasteiger partial charge is 0.481 e. The number of urea groups is 1. The van der Waals surface area contributed by atoms with E-state index in [1.807, 2.05) is 24.3 Å². The third-order valence-electron chi connectivity index (χ3n) is 2.35. The fourth-order valence-electron chi connectivity index (χ4n) is 1.53. The first-order valence-electron chi connectivity index (χ1n) is 6.51. The van der Waals surface area contributed by atoms with Crippen LogP contribution in [0.2, 0.25) is 0 Å². The van der Waals surface area contributed by atoms with Crippen LogP contribution < -0.4 is 10.6 Å². The number of nitrogens with one attached hydrogen (secondary N) is 2. The molecule has 1 aromatic rings. The quantitative estimate of drug-likeness (QED) is 0.533. The van der Waals surface area contributed by atoms with Gasteiger partial charge in [0.15, 0.2) is 0 Å². The van der Waals surface area contributed by atoms with Gasteiger partial charge >= 0.3 is 12.0 Å². The molecule has 2 amide bonds. The molecule has 0 atom stereocenters. The van der Waals surface area contributed by atoms with Crippen LogP contribution in [0.3, 0.4) is 0 Å². The van der Waals surface area contributed by atoms with Crippen molar-refractivity contribution in [2.24, 2.45) is 0 Å². The Hall–Kier alpha value is -1.69. The first-order chi connectivity index (χ1) is 9.49. The number of hydrogen-bond acceptors (Lipinski definition) is 3. The number of amides is 2. The van der Waals surface area contributed by atoms with E-state index in [1.165, 1.54) is 0 Å². The molecule has 0 spiro atoms. The average molecular weight is 296 g/mol. The number of carbonyl (C=O) groups excluding carboxylic acids is 1. The summed E-state index contributed by atoms with van der Waals surface area (Å²) in [5, 5.41) is 14.4. The molecule has 6 heteroatoms. The molecule has 0 radical (unpaired) electrons. The highest BCUT2D eigenvalue weighted by Crippen LogP contribution is 2.29. The number of carbonyl (C=O) groups is 2. The molecule has 0 aliphatic heterocycles. The van der Waals surface area contributed by atoms with Gasteiger partial charge in [0.2, 0.25) is 0 Å². The van der Waals surface area contributed by atoms with Gasteiger partial charge in [0.1, 0.15) is 0 Å². The molecular weight excluding hydrogens is 276 g/mol. The van der Waals surface area contributed by atoms with E-state index < -0.39 is 5.97 Å². The number of carboxylic acid groups (broad SMARTS) is 1. The standard InChI is InChI=1S/C14H20N2O3S/c1-10(2)20-12-7-4-3-6-11(12)16-14(19)15-9-5-8-13(17)18/h3-4,6-7,10H,5,8-9H2,1-2H3,(H,17,18)(H2,15,16,19). The summed E-state index contributed by atoms with van der Waals surface area (Å²) < 4.78 is 0. The molecule has 20 heavy (non-hydrogen) atoms. The molecule has 0 saturated heterocycles. The molecule has 0 aromatic heterocycles. The summed E-state index contributed by atoms with van der Waals surface area (Å²) in [5.74, 6) is -0.856. The lowest BCUT2D eigenvalue weighted by Crippen LogP contribution is -2.30. The molecular formula is C14H20N2O3S. The van der Waals surface area contributed by atoms with Gasteiger partial charge in [-0.1, -0.05) is 26.0 Å². The van der Waals surface area contributed by atoms with Gasteiger partial charge in [-0.2, -0.15) is 0 Å². The van der Waals surface area contributed by atoms with Crippen LogP contribution in [0.25, 0.3) is 0 Å². The van der Waals surface area contributed by atoms with Crippen molar-refractivity contribution < 1.29 is 14.7 Å². The lowest BCUT2D eigenvalue weighted by molar-refractivity contribution is -0.137. The van der Waals surface area contributed by atoms with E-state index in [2.05, 4.69) is 24.5 Å². The Morgan fingerprint density at radius 3 is 2.65 bits per heavy atom. The van der Waals surface area contributed by atoms with Gasteiger partial charge in [0, 0.05) is 23.1 Å². The predicted molar refractivity (Wildman–Crippen MR) is 81.3 cm³/mol. The molecule has 0 fully saturated rings. The summed E-state index contributed by atoms with van der Waals surface area (Å²) in [6.45, 7) is 4.53. The van der Waals surface area contributed by atoms with Gasteiger partial charge in [-0.3, -0.25) is 4.79 Å². The van der Waals surface area contributed by atoms with Crippen molar-refractivity contribution in [3.8, 4) is 0 Å². The van der Waals surface area contributed by atoms with Crippen LogP contribution in [0, 0.1) is 0 Å². The van der Waals surface area contributed by atoms with Gasteiger partial charge in [0.25, 0.3) is 0 Å². The van der Waals surface area contributed by atoms with E-state index >= 15 is 0 Å². The Balaban J connectivity index is 2.47. The zero-order valence-electron chi connectivity index (χ0n) is 11.7. The Kier molecular flexibility index (Phi) is 6.93. The molecule has 0 unspecified atom stereocenters. The zero-order valence-corrected chi connectivity index (χ0v) is 12.5. The molecule has 5 nitrogen and oxygen atoms in total. The molecule has 1 rings (SSSR count). The van der Waals surface area contributed by atoms with Gasteiger partial charge in [-0.15, -0.1) is 11.8 Å². The number of aliphatic carboxylic acids is 1. The van der Waals surface area contributed by atoms with Gasteiger partial charge in [0.05, 0.1) is 5.69 Å². The highest BCUT2D eigenvalue weighted by molar-refractivity contribution is 8.00. The summed E-state index contributed by atoms with van der Waals surface area (Å²) in [6, 6.07) is 7.30. The van der Waals surface area contributed by atoms with Crippen LogP contribution in [-0.4, -0.2) is 28.9 Å². The summed E-state index contributed by atoms with van der Waals surface area (Å²) in [7, 11) is 0. The van der Waals surface area contributed by atoms with Crippen molar-refractivity contribution in [1.82, 2.24) is 5.32 Å². The minimum atomic E-state index is -0.856. The third-order valence-corrected chi connectivity index (χ3v) is 3.43. The van der Waals surface area contributed by atoms with Crippen LogP contribution in [-0.2, 0) is 4.79 Å². The van der Waals surface area contributed by atoms with E-state index in [-0.39, 0.29) is 12.5 Å². The van der Waals surface area contributed by atoms with Crippen LogP contribution in [0.4, 0.5) is 10.5 Å². The second-order valence-corrected chi connectivity index (χ2v) is 6.16. The van der Waals surface area contributed by atoms with Gasteiger partial charge < -0.3 is 15.7 Å². The maximum absolute atomic E-state index is 11.7. The van der Waals surface area contributed by atoms with Gasteiger partial charge in [-0.25, -0.2) is 4.79 Å². The van der Waals surface area contributed by atoms with E-state index in [4.69, 9.17) is 5.11 Å². The smallest absolute Gasteiger partial charge is 0.319 e.